The molecule has 0 spiro atoms. The van der Waals surface area contributed by atoms with E-state index < -0.39 is 12.1 Å². The van der Waals surface area contributed by atoms with Gasteiger partial charge < -0.3 is 14.7 Å². The van der Waals surface area contributed by atoms with Crippen LogP contribution in [0, 0.1) is 0 Å². The van der Waals surface area contributed by atoms with E-state index in [-0.39, 0.29) is 5.91 Å². The SMILES string of the molecule is CCC(=O)N(CCCC(C)O)c1cc(C2=CCCCC2)sc1C(=O)OC. The van der Waals surface area contributed by atoms with Gasteiger partial charge in [0.25, 0.3) is 0 Å². The number of hydrogen-bond donors (Lipinski definition) is 1. The van der Waals surface area contributed by atoms with E-state index in [1.807, 2.05) is 13.0 Å². The summed E-state index contributed by atoms with van der Waals surface area (Å²) in [5.74, 6) is -0.431. The molecule has 0 fully saturated rings. The van der Waals surface area contributed by atoms with Crippen molar-refractivity contribution < 1.29 is 19.4 Å². The van der Waals surface area contributed by atoms with E-state index in [9.17, 15) is 14.7 Å². The van der Waals surface area contributed by atoms with Crippen LogP contribution in [-0.4, -0.2) is 36.7 Å². The molecule has 0 saturated heterocycles. The first-order valence-electron chi connectivity index (χ1n) is 9.37. The van der Waals surface area contributed by atoms with Crippen LogP contribution in [0.1, 0.15) is 73.3 Å². The summed E-state index contributed by atoms with van der Waals surface area (Å²) in [5.41, 5.74) is 1.89. The third kappa shape index (κ3) is 5.17. The van der Waals surface area contributed by atoms with Gasteiger partial charge in [0.15, 0.2) is 0 Å². The van der Waals surface area contributed by atoms with Crippen molar-refractivity contribution in [1.29, 1.82) is 0 Å². The Balaban J connectivity index is 2.37. The molecule has 26 heavy (non-hydrogen) atoms. The lowest BCUT2D eigenvalue weighted by Gasteiger charge is -2.22. The van der Waals surface area contributed by atoms with Crippen molar-refractivity contribution in [1.82, 2.24) is 0 Å². The lowest BCUT2D eigenvalue weighted by molar-refractivity contribution is -0.118. The number of allylic oxidation sites excluding steroid dienone is 2. The van der Waals surface area contributed by atoms with Crippen molar-refractivity contribution >= 4 is 34.5 Å². The van der Waals surface area contributed by atoms with Crippen molar-refractivity contribution in [2.75, 3.05) is 18.6 Å². The number of carbonyl (C=O) groups is 2. The molecule has 1 aliphatic carbocycles. The highest BCUT2D eigenvalue weighted by molar-refractivity contribution is 7.15. The van der Waals surface area contributed by atoms with Gasteiger partial charge in [-0.2, -0.15) is 0 Å². The minimum atomic E-state index is -0.405. The molecule has 0 radical (unpaired) electrons. The predicted octanol–water partition coefficient (Wildman–Crippen LogP) is 4.40. The molecule has 0 aliphatic heterocycles. The molecule has 1 aliphatic rings. The van der Waals surface area contributed by atoms with Crippen LogP contribution in [0.2, 0.25) is 0 Å². The second-order valence-corrected chi connectivity index (χ2v) is 7.73. The Labute approximate surface area is 159 Å². The maximum atomic E-state index is 12.5. The molecule has 1 aromatic rings. The monoisotopic (exact) mass is 379 g/mol. The molecule has 0 aromatic carbocycles. The first-order valence-corrected chi connectivity index (χ1v) is 10.2. The van der Waals surface area contributed by atoms with Gasteiger partial charge in [-0.25, -0.2) is 4.79 Å². The maximum Gasteiger partial charge on any atom is 0.350 e. The number of methoxy groups -OCH3 is 1. The van der Waals surface area contributed by atoms with E-state index in [0.29, 0.717) is 36.4 Å². The van der Waals surface area contributed by atoms with Crippen molar-refractivity contribution in [3.05, 3.63) is 21.9 Å². The van der Waals surface area contributed by atoms with Crippen molar-refractivity contribution in [3.8, 4) is 0 Å². The van der Waals surface area contributed by atoms with Gasteiger partial charge in [-0.3, -0.25) is 4.79 Å². The number of aliphatic hydroxyl groups excluding tert-OH is 1. The lowest BCUT2D eigenvalue weighted by Crippen LogP contribution is -2.32. The van der Waals surface area contributed by atoms with E-state index in [1.165, 1.54) is 30.4 Å². The van der Waals surface area contributed by atoms with Gasteiger partial charge in [0.2, 0.25) is 5.91 Å². The van der Waals surface area contributed by atoms with Gasteiger partial charge in [0.05, 0.1) is 18.9 Å². The van der Waals surface area contributed by atoms with Crippen LogP contribution in [0.25, 0.3) is 5.57 Å². The Bertz CT molecular complexity index is 663. The summed E-state index contributed by atoms with van der Waals surface area (Å²) in [6.45, 7) is 4.04. The summed E-state index contributed by atoms with van der Waals surface area (Å²) in [6, 6.07) is 1.96. The van der Waals surface area contributed by atoms with Crippen molar-refractivity contribution in [2.24, 2.45) is 0 Å². The highest BCUT2D eigenvalue weighted by Gasteiger charge is 2.26. The molecule has 144 valence electrons. The molecule has 6 heteroatoms. The molecule has 1 amide bonds. The Morgan fingerprint density at radius 2 is 2.15 bits per heavy atom. The molecular weight excluding hydrogens is 350 g/mol. The number of ether oxygens (including phenoxy) is 1. The third-order valence-electron chi connectivity index (χ3n) is 4.59. The second kappa shape index (κ2) is 9.88. The van der Waals surface area contributed by atoms with Crippen LogP contribution >= 0.6 is 11.3 Å². The number of esters is 1. The molecule has 1 atom stereocenters. The third-order valence-corrected chi connectivity index (χ3v) is 5.77. The first-order chi connectivity index (χ1) is 12.5. The highest BCUT2D eigenvalue weighted by Crippen LogP contribution is 2.38. The van der Waals surface area contributed by atoms with E-state index in [0.717, 1.165) is 24.1 Å². The lowest BCUT2D eigenvalue weighted by atomic mass is 9.98. The number of hydrogen-bond acceptors (Lipinski definition) is 5. The van der Waals surface area contributed by atoms with Crippen LogP contribution in [0.3, 0.4) is 0 Å². The zero-order chi connectivity index (χ0) is 19.1. The van der Waals surface area contributed by atoms with E-state index >= 15 is 0 Å². The van der Waals surface area contributed by atoms with Crippen LogP contribution < -0.4 is 4.90 Å². The second-order valence-electron chi connectivity index (χ2n) is 6.68. The Morgan fingerprint density at radius 1 is 1.38 bits per heavy atom. The summed E-state index contributed by atoms with van der Waals surface area (Å²) in [4.78, 5) is 28.1. The fourth-order valence-electron chi connectivity index (χ4n) is 3.16. The smallest absolute Gasteiger partial charge is 0.350 e. The fourth-order valence-corrected chi connectivity index (χ4v) is 4.30. The van der Waals surface area contributed by atoms with E-state index in [1.54, 1.807) is 11.8 Å². The predicted molar refractivity (Wildman–Crippen MR) is 106 cm³/mol. The summed E-state index contributed by atoms with van der Waals surface area (Å²) in [6.07, 6.45) is 7.90. The average molecular weight is 380 g/mol. The summed E-state index contributed by atoms with van der Waals surface area (Å²) in [5, 5.41) is 9.50. The standard InChI is InChI=1S/C20H29NO4S/c1-4-18(23)21(12-8-9-14(2)22)16-13-17(15-10-6-5-7-11-15)26-19(16)20(24)25-3/h10,13-14,22H,4-9,11-12H2,1-3H3. The van der Waals surface area contributed by atoms with E-state index in [4.69, 9.17) is 4.74 Å². The molecule has 0 bridgehead atoms. The molecule has 1 unspecified atom stereocenters. The van der Waals surface area contributed by atoms with Gasteiger partial charge in [-0.15, -0.1) is 11.3 Å². The van der Waals surface area contributed by atoms with Crippen LogP contribution in [0.15, 0.2) is 12.1 Å². The maximum absolute atomic E-state index is 12.5. The number of nitrogens with zero attached hydrogens (tertiary/aromatic N) is 1. The molecule has 1 aromatic heterocycles. The quantitative estimate of drug-likeness (QED) is 0.680. The number of anilines is 1. The first kappa shape index (κ1) is 20.6. The number of thiophene rings is 1. The van der Waals surface area contributed by atoms with Gasteiger partial charge >= 0.3 is 5.97 Å². The topological polar surface area (TPSA) is 66.8 Å². The Hall–Kier alpha value is -1.66. The van der Waals surface area contributed by atoms with Crippen LogP contribution in [0.4, 0.5) is 5.69 Å². The summed E-state index contributed by atoms with van der Waals surface area (Å²) >= 11 is 1.41. The van der Waals surface area contributed by atoms with Gasteiger partial charge in [-0.1, -0.05) is 13.0 Å². The van der Waals surface area contributed by atoms with Gasteiger partial charge in [-0.05, 0) is 57.1 Å². The van der Waals surface area contributed by atoms with E-state index in [2.05, 4.69) is 6.08 Å². The number of rotatable bonds is 8. The highest BCUT2D eigenvalue weighted by atomic mass is 32.1. The van der Waals surface area contributed by atoms with Gasteiger partial charge in [0.1, 0.15) is 4.88 Å². The number of aliphatic hydroxyl groups is 1. The van der Waals surface area contributed by atoms with Crippen molar-refractivity contribution in [2.45, 2.75) is 64.9 Å². The van der Waals surface area contributed by atoms with Crippen molar-refractivity contribution in [3.63, 3.8) is 0 Å². The van der Waals surface area contributed by atoms with Gasteiger partial charge in [0, 0.05) is 17.8 Å². The average Bonchev–Trinajstić information content (AvgIpc) is 3.09. The summed E-state index contributed by atoms with van der Waals surface area (Å²) in [7, 11) is 1.37. The molecule has 0 saturated carbocycles. The zero-order valence-electron chi connectivity index (χ0n) is 15.9. The Morgan fingerprint density at radius 3 is 2.73 bits per heavy atom. The minimum Gasteiger partial charge on any atom is -0.465 e. The number of amides is 1. The molecule has 1 heterocycles. The molecule has 2 rings (SSSR count). The zero-order valence-corrected chi connectivity index (χ0v) is 16.7. The van der Waals surface area contributed by atoms with Crippen LogP contribution in [0.5, 0.6) is 0 Å². The molecule has 5 nitrogen and oxygen atoms in total. The Kier molecular flexibility index (Phi) is 7.85. The largest absolute Gasteiger partial charge is 0.465 e. The normalized spacial score (nSPS) is 15.3. The van der Waals surface area contributed by atoms with Crippen LogP contribution in [-0.2, 0) is 9.53 Å². The minimum absolute atomic E-state index is 0.0253. The molecular formula is C20H29NO4S. The summed E-state index contributed by atoms with van der Waals surface area (Å²) < 4.78 is 4.96. The molecule has 1 N–H and O–H groups in total. The fraction of sp³-hybridized carbons (Fsp3) is 0.600. The number of carbonyl (C=O) groups excluding carboxylic acids is 2.